The number of amides is 1. The number of nitrogens with zero attached hydrogens (tertiary/aromatic N) is 1. The van der Waals surface area contributed by atoms with Gasteiger partial charge in [0, 0.05) is 12.6 Å². The van der Waals surface area contributed by atoms with Crippen LogP contribution in [0.4, 0.5) is 5.69 Å². The van der Waals surface area contributed by atoms with Crippen LogP contribution >= 0.6 is 11.3 Å². The Hall–Kier alpha value is -2.60. The van der Waals surface area contributed by atoms with Gasteiger partial charge in [0.05, 0.1) is 4.88 Å². The Labute approximate surface area is 131 Å². The number of carbonyl (C=O) groups excluding carboxylic acids is 1. The molecule has 6 heteroatoms. The lowest BCUT2D eigenvalue weighted by molar-refractivity contribution is -0.114. The van der Waals surface area contributed by atoms with Crippen LogP contribution in [0, 0.1) is 0 Å². The molecular formula is C16H14N2O3S. The predicted octanol–water partition coefficient (Wildman–Crippen LogP) is 3.94. The fraction of sp³-hybridized carbons (Fsp3) is 0.125. The molecule has 0 unspecified atom stereocenters. The molecule has 0 spiro atoms. The molecule has 112 valence electrons. The van der Waals surface area contributed by atoms with Crippen molar-refractivity contribution < 1.29 is 13.9 Å². The van der Waals surface area contributed by atoms with E-state index in [-0.39, 0.29) is 5.91 Å². The van der Waals surface area contributed by atoms with E-state index in [4.69, 9.17) is 9.15 Å². The average Bonchev–Trinajstić information content (AvgIpc) is 3.17. The zero-order valence-corrected chi connectivity index (χ0v) is 12.7. The van der Waals surface area contributed by atoms with Crippen molar-refractivity contribution in [3.8, 4) is 16.5 Å². The first-order valence-corrected chi connectivity index (χ1v) is 7.57. The summed E-state index contributed by atoms with van der Waals surface area (Å²) >= 11 is 1.58. The second kappa shape index (κ2) is 6.44. The Morgan fingerprint density at radius 2 is 2.14 bits per heavy atom. The van der Waals surface area contributed by atoms with Crippen molar-refractivity contribution in [2.24, 2.45) is 0 Å². The molecule has 0 saturated carbocycles. The molecule has 0 saturated heterocycles. The number of thiophene rings is 1. The summed E-state index contributed by atoms with van der Waals surface area (Å²) in [5, 5.41) is 4.68. The van der Waals surface area contributed by atoms with Crippen LogP contribution < -0.4 is 10.1 Å². The summed E-state index contributed by atoms with van der Waals surface area (Å²) in [5.74, 6) is 1.21. The molecule has 0 bridgehead atoms. The van der Waals surface area contributed by atoms with Gasteiger partial charge in [-0.05, 0) is 35.7 Å². The van der Waals surface area contributed by atoms with E-state index in [9.17, 15) is 4.79 Å². The number of benzene rings is 1. The lowest BCUT2D eigenvalue weighted by Crippen LogP contribution is -2.05. The standard InChI is InChI=1S/C16H14N2O3S/c1-11(19)17-12-4-6-14(7-5-12)20-9-13-10-21-16(18-13)15-3-2-8-22-15/h2-8,10H,9H2,1H3,(H,17,19). The minimum Gasteiger partial charge on any atom is -0.487 e. The van der Waals surface area contributed by atoms with E-state index >= 15 is 0 Å². The Morgan fingerprint density at radius 1 is 1.32 bits per heavy atom. The Morgan fingerprint density at radius 3 is 2.82 bits per heavy atom. The second-order valence-corrected chi connectivity index (χ2v) is 5.56. The van der Waals surface area contributed by atoms with Gasteiger partial charge >= 0.3 is 0 Å². The molecule has 2 heterocycles. The number of hydrogen-bond acceptors (Lipinski definition) is 5. The fourth-order valence-electron chi connectivity index (χ4n) is 1.88. The van der Waals surface area contributed by atoms with Crippen LogP contribution in [-0.4, -0.2) is 10.9 Å². The van der Waals surface area contributed by atoms with Crippen LogP contribution in [0.2, 0.25) is 0 Å². The summed E-state index contributed by atoms with van der Waals surface area (Å²) in [5.41, 5.74) is 1.47. The average molecular weight is 314 g/mol. The first kappa shape index (κ1) is 14.3. The summed E-state index contributed by atoms with van der Waals surface area (Å²) in [7, 11) is 0. The lowest BCUT2D eigenvalue weighted by Gasteiger charge is -2.05. The fourth-order valence-corrected chi connectivity index (χ4v) is 2.54. The third kappa shape index (κ3) is 3.53. The molecule has 1 amide bonds. The van der Waals surface area contributed by atoms with E-state index in [1.165, 1.54) is 6.92 Å². The van der Waals surface area contributed by atoms with E-state index in [2.05, 4.69) is 10.3 Å². The molecule has 0 radical (unpaired) electrons. The van der Waals surface area contributed by atoms with Gasteiger partial charge < -0.3 is 14.5 Å². The van der Waals surface area contributed by atoms with Crippen molar-refractivity contribution in [2.75, 3.05) is 5.32 Å². The molecule has 1 N–H and O–H groups in total. The highest BCUT2D eigenvalue weighted by Crippen LogP contribution is 2.24. The SMILES string of the molecule is CC(=O)Nc1ccc(OCc2coc(-c3cccs3)n2)cc1. The quantitative estimate of drug-likeness (QED) is 0.774. The second-order valence-electron chi connectivity index (χ2n) is 4.62. The van der Waals surface area contributed by atoms with Gasteiger partial charge in [-0.2, -0.15) is 0 Å². The van der Waals surface area contributed by atoms with Crippen molar-refractivity contribution >= 4 is 22.9 Å². The molecule has 5 nitrogen and oxygen atoms in total. The molecule has 0 aliphatic rings. The maximum atomic E-state index is 10.9. The Bertz CT molecular complexity index is 748. The molecule has 1 aromatic carbocycles. The minimum atomic E-state index is -0.0997. The van der Waals surface area contributed by atoms with Crippen molar-refractivity contribution in [3.63, 3.8) is 0 Å². The van der Waals surface area contributed by atoms with Crippen molar-refractivity contribution in [3.05, 3.63) is 53.7 Å². The summed E-state index contributed by atoms with van der Waals surface area (Å²) in [6.45, 7) is 1.80. The van der Waals surface area contributed by atoms with Crippen LogP contribution in [0.15, 0.2) is 52.5 Å². The van der Waals surface area contributed by atoms with Gasteiger partial charge in [0.25, 0.3) is 0 Å². The largest absolute Gasteiger partial charge is 0.487 e. The molecule has 3 rings (SSSR count). The van der Waals surface area contributed by atoms with Gasteiger partial charge in [-0.25, -0.2) is 4.98 Å². The van der Waals surface area contributed by atoms with Gasteiger partial charge in [-0.3, -0.25) is 4.79 Å². The van der Waals surface area contributed by atoms with E-state index < -0.39 is 0 Å². The van der Waals surface area contributed by atoms with Crippen LogP contribution in [0.25, 0.3) is 10.8 Å². The number of ether oxygens (including phenoxy) is 1. The lowest BCUT2D eigenvalue weighted by atomic mass is 10.3. The smallest absolute Gasteiger partial charge is 0.236 e. The predicted molar refractivity (Wildman–Crippen MR) is 84.9 cm³/mol. The van der Waals surface area contributed by atoms with Gasteiger partial charge in [0.2, 0.25) is 11.8 Å². The Kier molecular flexibility index (Phi) is 4.20. The highest BCUT2D eigenvalue weighted by atomic mass is 32.1. The zero-order valence-electron chi connectivity index (χ0n) is 11.9. The van der Waals surface area contributed by atoms with Crippen molar-refractivity contribution in [1.29, 1.82) is 0 Å². The maximum absolute atomic E-state index is 10.9. The molecular weight excluding hydrogens is 300 g/mol. The summed E-state index contributed by atoms with van der Waals surface area (Å²) < 4.78 is 11.1. The highest BCUT2D eigenvalue weighted by molar-refractivity contribution is 7.13. The third-order valence-corrected chi connectivity index (χ3v) is 3.70. The van der Waals surface area contributed by atoms with E-state index in [0.717, 1.165) is 16.3 Å². The maximum Gasteiger partial charge on any atom is 0.236 e. The number of aromatic nitrogens is 1. The van der Waals surface area contributed by atoms with Crippen LogP contribution in [0.1, 0.15) is 12.6 Å². The normalized spacial score (nSPS) is 10.4. The molecule has 0 fully saturated rings. The van der Waals surface area contributed by atoms with E-state index in [0.29, 0.717) is 18.2 Å². The van der Waals surface area contributed by atoms with E-state index in [1.54, 1.807) is 41.9 Å². The number of carbonyl (C=O) groups is 1. The molecule has 0 aliphatic heterocycles. The van der Waals surface area contributed by atoms with Gasteiger partial charge in [-0.15, -0.1) is 11.3 Å². The summed E-state index contributed by atoms with van der Waals surface area (Å²) in [4.78, 5) is 16.3. The topological polar surface area (TPSA) is 64.4 Å². The van der Waals surface area contributed by atoms with E-state index in [1.807, 2.05) is 17.5 Å². The molecule has 3 aromatic rings. The van der Waals surface area contributed by atoms with Crippen LogP contribution in [-0.2, 0) is 11.4 Å². The molecule has 22 heavy (non-hydrogen) atoms. The van der Waals surface area contributed by atoms with Crippen LogP contribution in [0.5, 0.6) is 5.75 Å². The first-order valence-electron chi connectivity index (χ1n) is 6.69. The first-order chi connectivity index (χ1) is 10.7. The molecule has 0 aliphatic carbocycles. The van der Waals surface area contributed by atoms with Crippen molar-refractivity contribution in [1.82, 2.24) is 4.98 Å². The number of nitrogens with one attached hydrogen (secondary N) is 1. The van der Waals surface area contributed by atoms with Gasteiger partial charge in [0.1, 0.15) is 24.3 Å². The van der Waals surface area contributed by atoms with Gasteiger partial charge in [-0.1, -0.05) is 6.07 Å². The van der Waals surface area contributed by atoms with Gasteiger partial charge in [0.15, 0.2) is 0 Å². The number of anilines is 1. The zero-order chi connectivity index (χ0) is 15.4. The summed E-state index contributed by atoms with van der Waals surface area (Å²) in [6.07, 6.45) is 1.60. The van der Waals surface area contributed by atoms with Crippen LogP contribution in [0.3, 0.4) is 0 Å². The number of hydrogen-bond donors (Lipinski definition) is 1. The third-order valence-electron chi connectivity index (χ3n) is 2.85. The van der Waals surface area contributed by atoms with Crippen molar-refractivity contribution in [2.45, 2.75) is 13.5 Å². The molecule has 2 aromatic heterocycles. The Balaban J connectivity index is 1.59. The molecule has 0 atom stereocenters. The monoisotopic (exact) mass is 314 g/mol. The number of oxazole rings is 1. The number of rotatable bonds is 5. The minimum absolute atomic E-state index is 0.0997. The summed E-state index contributed by atoms with van der Waals surface area (Å²) in [6, 6.07) is 11.1. The highest BCUT2D eigenvalue weighted by Gasteiger charge is 2.08.